The van der Waals surface area contributed by atoms with Gasteiger partial charge in [-0.05, 0) is 65.5 Å². The number of thiophene rings is 1. The molecule has 6 heteroatoms. The Balaban J connectivity index is 1.24. The van der Waals surface area contributed by atoms with Crippen LogP contribution in [-0.2, 0) is 0 Å². The maximum atomic E-state index is 10.3. The Kier molecular flexibility index (Phi) is 3.45. The highest BCUT2D eigenvalue weighted by molar-refractivity contribution is 7.27. The van der Waals surface area contributed by atoms with E-state index in [4.69, 9.17) is 28.8 Å². The van der Waals surface area contributed by atoms with Crippen molar-refractivity contribution in [2.24, 2.45) is 0 Å². The minimum atomic E-state index is -1.12. The summed E-state index contributed by atoms with van der Waals surface area (Å²) in [5.74, 6) is -2.92. The van der Waals surface area contributed by atoms with Gasteiger partial charge in [-0.1, -0.05) is 157 Å². The van der Waals surface area contributed by atoms with E-state index in [0.717, 1.165) is 9.13 Å². The highest BCUT2D eigenvalue weighted by Gasteiger charge is 2.22. The van der Waals surface area contributed by atoms with E-state index in [9.17, 15) is 19.2 Å². The van der Waals surface area contributed by atoms with E-state index < -0.39 is 323 Å². The van der Waals surface area contributed by atoms with Crippen molar-refractivity contribution in [1.82, 2.24) is 24.1 Å². The van der Waals surface area contributed by atoms with E-state index >= 15 is 0 Å². The van der Waals surface area contributed by atoms with Gasteiger partial charge in [0.15, 0.2) is 17.5 Å². The van der Waals surface area contributed by atoms with Crippen LogP contribution < -0.4 is 0 Å². The zero-order valence-electron chi connectivity index (χ0n) is 66.1. The van der Waals surface area contributed by atoms with Crippen molar-refractivity contribution in [3.05, 3.63) is 211 Å². The van der Waals surface area contributed by atoms with Crippen LogP contribution in [0, 0.1) is 0 Å². The molecule has 0 radical (unpaired) electrons. The maximum absolute atomic E-state index is 10.3. The van der Waals surface area contributed by atoms with Gasteiger partial charge in [0.2, 0.25) is 0 Å². The van der Waals surface area contributed by atoms with Crippen molar-refractivity contribution < 1.29 is 48.0 Å². The predicted octanol–water partition coefficient (Wildman–Crippen LogP) is 15.1. The van der Waals surface area contributed by atoms with Crippen LogP contribution in [0.5, 0.6) is 0 Å². The van der Waals surface area contributed by atoms with E-state index in [0.29, 0.717) is 11.3 Å². The lowest BCUT2D eigenvalue weighted by atomic mass is 10.0. The third-order valence-corrected chi connectivity index (χ3v) is 11.1. The molecule has 0 N–H and O–H groups in total. The minimum Gasteiger partial charge on any atom is -0.308 e. The van der Waals surface area contributed by atoms with Gasteiger partial charge in [0.05, 0.1) is 85.1 Å². The zero-order valence-corrected chi connectivity index (χ0v) is 32.0. The molecule has 0 amide bonds. The smallest absolute Gasteiger partial charge is 0.164 e. The van der Waals surface area contributed by atoms with Gasteiger partial charge in [0, 0.05) is 54.7 Å². The number of hydrogen-bond donors (Lipinski definition) is 0. The van der Waals surface area contributed by atoms with Gasteiger partial charge >= 0.3 is 0 Å². The molecule has 13 rings (SSSR count). The Labute approximate surface area is 415 Å². The molecule has 0 saturated carbocycles. The largest absolute Gasteiger partial charge is 0.308 e. The molecule has 63 heavy (non-hydrogen) atoms. The van der Waals surface area contributed by atoms with Crippen molar-refractivity contribution in [2.45, 2.75) is 0 Å². The van der Waals surface area contributed by atoms with Crippen LogP contribution in [0.2, 0.25) is 0 Å². The SMILES string of the molecule is [2H]c1c([2H])c([2H])c(-c2nc(-c3c([2H])c([2H])c([2H])c(-c4c([2H])c([2H])c([2H])c([2H])c4[2H])c3[2H])nc(-c3c([2H])c([2H])c4c(c3[2H])c3c([2H])c([2H])c5c(sc6c(-n7c8c([2H])c([2H])c([2H])c([2H])c8c8c([2H])c([2H])c([2H])c([2H])c87)c([2H])c([2H])c([2H])c65)c3n4-c3c([2H])c([2H])c([2H])c([2H])c3[2H])n2)c([2H])c1[2H]. The first kappa shape index (κ1) is 15.3. The molecule has 0 aliphatic heterocycles. The summed E-state index contributed by atoms with van der Waals surface area (Å²) in [5.41, 5.74) is -8.06. The lowest BCUT2D eigenvalue weighted by Gasteiger charge is -2.10. The second-order valence-corrected chi connectivity index (χ2v) is 14.3. The molecule has 9 aromatic carbocycles. The van der Waals surface area contributed by atoms with Crippen LogP contribution in [0.1, 0.15) is 48.0 Å². The fraction of sp³-hybridized carbons (Fsp3) is 0. The third-order valence-electron chi connectivity index (χ3n) is 9.89. The van der Waals surface area contributed by atoms with Gasteiger partial charge in [-0.15, -0.1) is 11.3 Å². The molecule has 5 nitrogen and oxygen atoms in total. The predicted molar refractivity (Wildman–Crippen MR) is 263 cm³/mol. The van der Waals surface area contributed by atoms with Gasteiger partial charge in [0.1, 0.15) is 0 Å². The Morgan fingerprint density at radius 3 is 1.56 bits per heavy atom. The normalized spacial score (nSPS) is 19.6. The van der Waals surface area contributed by atoms with Gasteiger partial charge in [-0.2, -0.15) is 0 Å². The van der Waals surface area contributed by atoms with Crippen LogP contribution >= 0.6 is 11.3 Å². The second kappa shape index (κ2) is 14.2. The highest BCUT2D eigenvalue weighted by atomic mass is 32.1. The van der Waals surface area contributed by atoms with E-state index in [2.05, 4.69) is 15.0 Å². The van der Waals surface area contributed by atoms with Crippen LogP contribution in [0.15, 0.2) is 211 Å². The van der Waals surface area contributed by atoms with E-state index in [1.165, 1.54) is 0 Å². The van der Waals surface area contributed by atoms with Crippen molar-refractivity contribution in [1.29, 1.82) is 0 Å². The van der Waals surface area contributed by atoms with E-state index in [-0.39, 0.29) is 9.40 Å². The number of fused-ring (bicyclic) bond motifs is 10. The first-order chi connectivity index (χ1) is 45.8. The first-order valence-electron chi connectivity index (χ1n) is 35.8. The summed E-state index contributed by atoms with van der Waals surface area (Å²) in [7, 11) is 0. The van der Waals surface area contributed by atoms with Crippen LogP contribution in [0.4, 0.5) is 0 Å². The number of hydrogen-bond acceptors (Lipinski definition) is 4. The molecular weight excluding hydrogens is 787 g/mol. The van der Waals surface area contributed by atoms with Crippen LogP contribution in [0.25, 0.3) is 120 Å². The number of benzene rings is 9. The first-order valence-corrected chi connectivity index (χ1v) is 19.2. The molecule has 0 spiro atoms. The van der Waals surface area contributed by atoms with E-state index in [1.54, 1.807) is 0 Å². The second-order valence-electron chi connectivity index (χ2n) is 13.3. The summed E-state index contributed by atoms with van der Waals surface area (Å²) in [5, 5.41) is -3.15. The van der Waals surface area contributed by atoms with Crippen molar-refractivity contribution >= 4 is 75.1 Å². The molecule has 13 aromatic rings. The Bertz CT molecular complexity index is 5850. The van der Waals surface area contributed by atoms with Gasteiger partial charge in [0.25, 0.3) is 0 Å². The maximum Gasteiger partial charge on any atom is 0.164 e. The average molecular weight is 857 g/mol. The fourth-order valence-electron chi connectivity index (χ4n) is 7.29. The molecule has 4 aromatic heterocycles. The number of para-hydroxylation sites is 3. The summed E-state index contributed by atoms with van der Waals surface area (Å²) in [6.07, 6.45) is 0. The average Bonchev–Trinajstić information content (AvgIpc) is 1.51. The highest BCUT2D eigenvalue weighted by Crippen LogP contribution is 2.46. The summed E-state index contributed by atoms with van der Waals surface area (Å²) in [6.45, 7) is 0. The van der Waals surface area contributed by atoms with Crippen molar-refractivity contribution in [2.75, 3.05) is 0 Å². The molecule has 0 fully saturated rings. The summed E-state index contributed by atoms with van der Waals surface area (Å²) >= 11 is 0.500. The Hall–Kier alpha value is -8.19. The monoisotopic (exact) mass is 856 g/mol. The Morgan fingerprint density at radius 2 is 0.841 bits per heavy atom. The minimum absolute atomic E-state index is 0.355. The molecule has 0 aliphatic carbocycles. The van der Waals surface area contributed by atoms with Crippen molar-refractivity contribution in [3.8, 4) is 56.7 Å². The third kappa shape index (κ3) is 5.66. The fourth-order valence-corrected chi connectivity index (χ4v) is 8.53. The number of aromatic nitrogens is 5. The molecule has 0 unspecified atom stereocenters. The summed E-state index contributed by atoms with van der Waals surface area (Å²) in [4.78, 5) is 13.1. The summed E-state index contributed by atoms with van der Waals surface area (Å²) in [6, 6.07) is -33.1. The van der Waals surface area contributed by atoms with Gasteiger partial charge < -0.3 is 9.13 Å². The molecular formula is C57H35N5S. The quantitative estimate of drug-likeness (QED) is 0.167. The molecule has 0 saturated heterocycles. The summed E-state index contributed by atoms with van der Waals surface area (Å²) < 4.78 is 318. The number of rotatable bonds is 6. The molecule has 294 valence electrons. The molecule has 0 aliphatic rings. The lowest BCUT2D eigenvalue weighted by molar-refractivity contribution is 1.07. The standard InChI is InChI=1S/C57H35N5S/c1-4-16-36(17-5-1)38-20-14-21-39(34-38)56-58-55(37-18-6-2-7-19-37)59-57(60-56)40-30-33-50-47(35-40)44-31-32-46-45-26-15-29-51(53(45)63-54(46)52(44)61(50)41-22-8-3-9-23-41)62-48-27-12-10-24-42(48)43-25-11-13-28-49(43)62/h1-35H/i1D,2D,3D,4D,5D,6D,7D,8D,9D,10D,11D,12D,13D,14D,15D,16D,17D,18D,19D,20D,21D,22D,23D,24D,25D,26D,27D,28D,29D,30D,31D,32D,33D,34D,35D. The number of nitrogens with zero attached hydrogens (tertiary/aromatic N) is 5. The van der Waals surface area contributed by atoms with E-state index in [1.807, 2.05) is 0 Å². The molecule has 0 atom stereocenters. The lowest BCUT2D eigenvalue weighted by Crippen LogP contribution is -2.00. The van der Waals surface area contributed by atoms with Crippen LogP contribution in [-0.4, -0.2) is 24.1 Å². The zero-order chi connectivity index (χ0) is 71.9. The molecule has 0 bridgehead atoms. The molecule has 4 heterocycles. The Morgan fingerprint density at radius 1 is 0.333 bits per heavy atom. The topological polar surface area (TPSA) is 48.5 Å². The van der Waals surface area contributed by atoms with Crippen LogP contribution in [0.3, 0.4) is 0 Å². The van der Waals surface area contributed by atoms with Gasteiger partial charge in [-0.25, -0.2) is 15.0 Å². The van der Waals surface area contributed by atoms with Crippen molar-refractivity contribution in [3.63, 3.8) is 0 Å². The van der Waals surface area contributed by atoms with Gasteiger partial charge in [-0.3, -0.25) is 0 Å².